The maximum Gasteiger partial charge on any atom is 0.365 e. The number of benzene rings is 2. The molecule has 1 aliphatic rings. The lowest BCUT2D eigenvalue weighted by atomic mass is 9.84. The molecule has 1 aliphatic carbocycles. The molecule has 1 atom stereocenters. The zero-order valence-corrected chi connectivity index (χ0v) is 18.7. The molecule has 162 valence electrons. The fraction of sp³-hybridized carbons (Fsp3) is 0.240. The summed E-state index contributed by atoms with van der Waals surface area (Å²) < 4.78 is 4.34. The Bertz CT molecular complexity index is 1330. The van der Waals surface area contributed by atoms with E-state index >= 15 is 0 Å². The SMILES string of the molecule is Cc1nccn1CC1CCc2c(c3ccccc3n2C)/C1=N/OC(=O)c1ccc(Cl)cc1. The molecule has 0 aliphatic heterocycles. The van der Waals surface area contributed by atoms with Crippen molar-refractivity contribution in [1.29, 1.82) is 0 Å². The molecule has 2 heterocycles. The van der Waals surface area contributed by atoms with Crippen LogP contribution in [0.1, 0.15) is 33.9 Å². The maximum absolute atomic E-state index is 12.7. The van der Waals surface area contributed by atoms with Gasteiger partial charge < -0.3 is 14.0 Å². The molecule has 2 aromatic carbocycles. The molecule has 0 spiro atoms. The molecule has 4 aromatic rings. The summed E-state index contributed by atoms with van der Waals surface area (Å²) in [5, 5.41) is 6.15. The molecular weight excluding hydrogens is 424 g/mol. The molecule has 0 fully saturated rings. The molecule has 1 unspecified atom stereocenters. The average molecular weight is 447 g/mol. The van der Waals surface area contributed by atoms with Gasteiger partial charge in [0, 0.05) is 59.1 Å². The number of para-hydroxylation sites is 1. The second-order valence-corrected chi connectivity index (χ2v) is 8.56. The van der Waals surface area contributed by atoms with Crippen LogP contribution < -0.4 is 0 Å². The van der Waals surface area contributed by atoms with E-state index in [9.17, 15) is 4.79 Å². The van der Waals surface area contributed by atoms with E-state index in [0.717, 1.165) is 47.4 Å². The van der Waals surface area contributed by atoms with Crippen LogP contribution in [0.2, 0.25) is 5.02 Å². The van der Waals surface area contributed by atoms with Gasteiger partial charge in [0.2, 0.25) is 0 Å². The van der Waals surface area contributed by atoms with Gasteiger partial charge in [0.1, 0.15) is 5.82 Å². The third-order valence-corrected chi connectivity index (χ3v) is 6.50. The molecule has 0 saturated carbocycles. The van der Waals surface area contributed by atoms with Gasteiger partial charge in [-0.1, -0.05) is 35.0 Å². The van der Waals surface area contributed by atoms with E-state index < -0.39 is 5.97 Å². The van der Waals surface area contributed by atoms with Crippen molar-refractivity contribution in [1.82, 2.24) is 14.1 Å². The summed E-state index contributed by atoms with van der Waals surface area (Å²) in [4.78, 5) is 22.5. The van der Waals surface area contributed by atoms with E-state index in [-0.39, 0.29) is 5.92 Å². The topological polar surface area (TPSA) is 61.4 Å². The molecule has 0 bridgehead atoms. The van der Waals surface area contributed by atoms with Crippen LogP contribution in [0.15, 0.2) is 66.1 Å². The molecular formula is C25H23ClN4O2. The number of halogens is 1. The van der Waals surface area contributed by atoms with Gasteiger partial charge in [-0.3, -0.25) is 0 Å². The Kier molecular flexibility index (Phi) is 5.31. The number of carbonyl (C=O) groups excluding carboxylic acids is 1. The first kappa shape index (κ1) is 20.5. The molecule has 5 rings (SSSR count). The summed E-state index contributed by atoms with van der Waals surface area (Å²) in [6.07, 6.45) is 5.62. The highest BCUT2D eigenvalue weighted by Crippen LogP contribution is 2.35. The van der Waals surface area contributed by atoms with Crippen molar-refractivity contribution in [2.45, 2.75) is 26.3 Å². The van der Waals surface area contributed by atoms with Crippen LogP contribution in [0.4, 0.5) is 0 Å². The minimum absolute atomic E-state index is 0.0965. The monoisotopic (exact) mass is 446 g/mol. The third kappa shape index (κ3) is 3.60. The number of fused-ring (bicyclic) bond motifs is 3. The van der Waals surface area contributed by atoms with Crippen LogP contribution >= 0.6 is 11.6 Å². The number of oxime groups is 1. The van der Waals surface area contributed by atoms with Crippen molar-refractivity contribution in [3.63, 3.8) is 0 Å². The Morgan fingerprint density at radius 3 is 2.75 bits per heavy atom. The van der Waals surface area contributed by atoms with Crippen LogP contribution in [-0.2, 0) is 24.9 Å². The number of hydrogen-bond acceptors (Lipinski definition) is 4. The maximum atomic E-state index is 12.7. The minimum atomic E-state index is -0.501. The molecule has 2 aromatic heterocycles. The highest BCUT2D eigenvalue weighted by atomic mass is 35.5. The fourth-order valence-corrected chi connectivity index (χ4v) is 4.66. The van der Waals surface area contributed by atoms with Gasteiger partial charge in [-0.05, 0) is 50.1 Å². The van der Waals surface area contributed by atoms with Crippen molar-refractivity contribution < 1.29 is 9.63 Å². The molecule has 0 saturated heterocycles. The quantitative estimate of drug-likeness (QED) is 0.321. The van der Waals surface area contributed by atoms with Crippen molar-refractivity contribution in [2.24, 2.45) is 18.1 Å². The Morgan fingerprint density at radius 1 is 1.22 bits per heavy atom. The van der Waals surface area contributed by atoms with E-state index in [1.807, 2.05) is 25.3 Å². The van der Waals surface area contributed by atoms with Gasteiger partial charge in [-0.25, -0.2) is 9.78 Å². The van der Waals surface area contributed by atoms with Gasteiger partial charge >= 0.3 is 5.97 Å². The van der Waals surface area contributed by atoms with Crippen molar-refractivity contribution in [2.75, 3.05) is 0 Å². The summed E-state index contributed by atoms with van der Waals surface area (Å²) in [5.41, 5.74) is 4.65. The lowest BCUT2D eigenvalue weighted by Gasteiger charge is -2.25. The van der Waals surface area contributed by atoms with Crippen LogP contribution in [0.3, 0.4) is 0 Å². The van der Waals surface area contributed by atoms with Crippen LogP contribution in [0.25, 0.3) is 10.9 Å². The number of nitrogens with zero attached hydrogens (tertiary/aromatic N) is 4. The lowest BCUT2D eigenvalue weighted by molar-refractivity contribution is 0.0513. The van der Waals surface area contributed by atoms with E-state index in [1.54, 1.807) is 30.5 Å². The van der Waals surface area contributed by atoms with Crippen LogP contribution in [0.5, 0.6) is 0 Å². The molecule has 6 nitrogen and oxygen atoms in total. The fourth-order valence-electron chi connectivity index (χ4n) is 4.54. The van der Waals surface area contributed by atoms with Crippen molar-refractivity contribution >= 4 is 34.2 Å². The Morgan fingerprint density at radius 2 is 2.00 bits per heavy atom. The molecule has 7 heteroatoms. The van der Waals surface area contributed by atoms with E-state index in [1.165, 1.54) is 5.69 Å². The van der Waals surface area contributed by atoms with E-state index in [2.05, 4.69) is 38.5 Å². The summed E-state index contributed by atoms with van der Waals surface area (Å²) in [6, 6.07) is 14.9. The van der Waals surface area contributed by atoms with Gasteiger partial charge in [0.25, 0.3) is 0 Å². The normalized spacial score (nSPS) is 17.0. The highest BCUT2D eigenvalue weighted by Gasteiger charge is 2.32. The lowest BCUT2D eigenvalue weighted by Crippen LogP contribution is -2.28. The second-order valence-electron chi connectivity index (χ2n) is 8.12. The highest BCUT2D eigenvalue weighted by molar-refractivity contribution is 6.30. The first-order chi connectivity index (χ1) is 15.5. The van der Waals surface area contributed by atoms with Gasteiger partial charge in [-0.2, -0.15) is 0 Å². The second kappa shape index (κ2) is 8.28. The molecule has 0 N–H and O–H groups in total. The Labute approximate surface area is 191 Å². The first-order valence-corrected chi connectivity index (χ1v) is 11.0. The summed E-state index contributed by atoms with van der Waals surface area (Å²) in [5.74, 6) is 0.546. The van der Waals surface area contributed by atoms with Gasteiger partial charge in [-0.15, -0.1) is 0 Å². The van der Waals surface area contributed by atoms with E-state index in [0.29, 0.717) is 10.6 Å². The van der Waals surface area contributed by atoms with Crippen molar-refractivity contribution in [3.05, 3.63) is 88.6 Å². The zero-order chi connectivity index (χ0) is 22.2. The Balaban J connectivity index is 1.57. The number of aryl methyl sites for hydroxylation is 2. The van der Waals surface area contributed by atoms with Crippen LogP contribution in [-0.4, -0.2) is 25.8 Å². The summed E-state index contributed by atoms with van der Waals surface area (Å²) in [7, 11) is 2.08. The summed E-state index contributed by atoms with van der Waals surface area (Å²) >= 11 is 5.94. The van der Waals surface area contributed by atoms with Gasteiger partial charge in [0.05, 0.1) is 11.3 Å². The number of hydrogen-bond donors (Lipinski definition) is 0. The summed E-state index contributed by atoms with van der Waals surface area (Å²) in [6.45, 7) is 2.72. The predicted octanol–water partition coefficient (Wildman–Crippen LogP) is 5.16. The number of carbonyl (C=O) groups is 1. The first-order valence-electron chi connectivity index (χ1n) is 10.6. The van der Waals surface area contributed by atoms with Crippen LogP contribution in [0, 0.1) is 12.8 Å². The van der Waals surface area contributed by atoms with E-state index in [4.69, 9.17) is 16.4 Å². The van der Waals surface area contributed by atoms with Crippen molar-refractivity contribution in [3.8, 4) is 0 Å². The predicted molar refractivity (Wildman–Crippen MR) is 125 cm³/mol. The van der Waals surface area contributed by atoms with Gasteiger partial charge in [0.15, 0.2) is 0 Å². The molecule has 32 heavy (non-hydrogen) atoms. The Hall–Kier alpha value is -3.38. The number of imidazole rings is 1. The molecule has 0 radical (unpaired) electrons. The smallest absolute Gasteiger partial charge is 0.347 e. The molecule has 0 amide bonds. The number of rotatable bonds is 4. The minimum Gasteiger partial charge on any atom is -0.347 e. The number of aromatic nitrogens is 3. The standard InChI is InChI=1S/C25H23ClN4O2/c1-16-27-13-14-30(16)15-18-9-12-22-23(20-5-3-4-6-21(20)29(22)2)24(18)28-32-25(31)17-7-10-19(26)11-8-17/h3-8,10-11,13-14,18H,9,12,15H2,1-2H3/b28-24+. The zero-order valence-electron chi connectivity index (χ0n) is 18.0. The average Bonchev–Trinajstić information content (AvgIpc) is 3.34. The largest absolute Gasteiger partial charge is 0.365 e. The third-order valence-electron chi connectivity index (χ3n) is 6.25.